The quantitative estimate of drug-likeness (QED) is 0.844. The summed E-state index contributed by atoms with van der Waals surface area (Å²) in [6, 6.07) is 5.03. The van der Waals surface area contributed by atoms with Crippen LogP contribution in [-0.4, -0.2) is 11.7 Å². The van der Waals surface area contributed by atoms with Crippen LogP contribution in [0.1, 0.15) is 11.6 Å². The molecule has 0 aromatic heterocycles. The average Bonchev–Trinajstić information content (AvgIpc) is 2.08. The summed E-state index contributed by atoms with van der Waals surface area (Å²) >= 11 is 9.10. The summed E-state index contributed by atoms with van der Waals surface area (Å²) in [5.41, 5.74) is 6.43. The van der Waals surface area contributed by atoms with Crippen LogP contribution in [0.25, 0.3) is 0 Å². The number of hydrogen-bond donors (Lipinski definition) is 2. The summed E-state index contributed by atoms with van der Waals surface area (Å²) in [5.74, 6) is 0. The third-order valence-corrected chi connectivity index (χ3v) is 2.80. The van der Waals surface area contributed by atoms with E-state index in [1.807, 2.05) is 12.1 Å². The number of aliphatic hydroxyl groups excluding tert-OH is 1. The molecule has 0 aliphatic rings. The summed E-state index contributed by atoms with van der Waals surface area (Å²) < 4.78 is 0.832. The molecule has 66 valence electrons. The molecule has 3 N–H and O–H groups in total. The summed E-state index contributed by atoms with van der Waals surface area (Å²) in [7, 11) is 0. The molecule has 0 aliphatic heterocycles. The molecule has 1 aromatic carbocycles. The number of halogens is 2. The fourth-order valence-electron chi connectivity index (χ4n) is 0.848. The Labute approximate surface area is 84.5 Å². The molecule has 1 aromatic rings. The number of rotatable bonds is 2. The first-order valence-corrected chi connectivity index (χ1v) is 4.63. The van der Waals surface area contributed by atoms with Crippen molar-refractivity contribution in [1.29, 1.82) is 0 Å². The van der Waals surface area contributed by atoms with Crippen molar-refractivity contribution in [2.24, 2.45) is 5.73 Å². The van der Waals surface area contributed by atoms with Gasteiger partial charge < -0.3 is 10.8 Å². The van der Waals surface area contributed by atoms with Crippen molar-refractivity contribution in [2.45, 2.75) is 6.04 Å². The monoisotopic (exact) mass is 249 g/mol. The maximum absolute atomic E-state index is 8.77. The van der Waals surface area contributed by atoms with E-state index in [0.29, 0.717) is 5.02 Å². The highest BCUT2D eigenvalue weighted by Gasteiger charge is 2.05. The second kappa shape index (κ2) is 4.23. The average molecular weight is 251 g/mol. The lowest BCUT2D eigenvalue weighted by Crippen LogP contribution is -2.14. The van der Waals surface area contributed by atoms with Gasteiger partial charge >= 0.3 is 0 Å². The minimum Gasteiger partial charge on any atom is -0.394 e. The molecular formula is C8H9BrClNO. The number of nitrogens with two attached hydrogens (primary N) is 1. The van der Waals surface area contributed by atoms with Gasteiger partial charge in [-0.05, 0) is 33.6 Å². The van der Waals surface area contributed by atoms with Crippen molar-refractivity contribution < 1.29 is 5.11 Å². The van der Waals surface area contributed by atoms with Crippen LogP contribution < -0.4 is 5.73 Å². The van der Waals surface area contributed by atoms with Crippen LogP contribution in [-0.2, 0) is 0 Å². The standard InChI is InChI=1S/C8H9BrClNO/c9-6-2-1-5(3-7(6)10)8(11)4-12/h1-3,8,12H,4,11H2/t8-/m1/s1. The highest BCUT2D eigenvalue weighted by Crippen LogP contribution is 2.25. The Morgan fingerprint density at radius 2 is 2.25 bits per heavy atom. The first kappa shape index (κ1) is 9.99. The molecular weight excluding hydrogens is 241 g/mol. The van der Waals surface area contributed by atoms with Crippen LogP contribution in [0.15, 0.2) is 22.7 Å². The van der Waals surface area contributed by atoms with E-state index in [1.54, 1.807) is 6.07 Å². The van der Waals surface area contributed by atoms with Crippen molar-refractivity contribution in [3.63, 3.8) is 0 Å². The van der Waals surface area contributed by atoms with E-state index in [-0.39, 0.29) is 12.6 Å². The van der Waals surface area contributed by atoms with Gasteiger partial charge in [-0.3, -0.25) is 0 Å². The van der Waals surface area contributed by atoms with Gasteiger partial charge in [0.25, 0.3) is 0 Å². The molecule has 0 radical (unpaired) electrons. The zero-order valence-electron chi connectivity index (χ0n) is 6.30. The van der Waals surface area contributed by atoms with E-state index in [4.69, 9.17) is 22.4 Å². The van der Waals surface area contributed by atoms with E-state index >= 15 is 0 Å². The first-order chi connectivity index (χ1) is 5.65. The van der Waals surface area contributed by atoms with Gasteiger partial charge in [0.15, 0.2) is 0 Å². The van der Waals surface area contributed by atoms with Crippen molar-refractivity contribution >= 4 is 27.5 Å². The molecule has 1 rings (SSSR count). The normalized spacial score (nSPS) is 13.0. The summed E-state index contributed by atoms with van der Waals surface area (Å²) in [4.78, 5) is 0. The lowest BCUT2D eigenvalue weighted by atomic mass is 10.1. The molecule has 0 heterocycles. The Kier molecular flexibility index (Phi) is 3.53. The van der Waals surface area contributed by atoms with Gasteiger partial charge in [-0.25, -0.2) is 0 Å². The molecule has 0 amide bonds. The Morgan fingerprint density at radius 1 is 1.58 bits per heavy atom. The van der Waals surface area contributed by atoms with Gasteiger partial charge in [-0.15, -0.1) is 0 Å². The smallest absolute Gasteiger partial charge is 0.0624 e. The van der Waals surface area contributed by atoms with Crippen molar-refractivity contribution in [3.05, 3.63) is 33.3 Å². The largest absolute Gasteiger partial charge is 0.394 e. The van der Waals surface area contributed by atoms with E-state index < -0.39 is 0 Å². The predicted molar refractivity (Wildman–Crippen MR) is 53.2 cm³/mol. The summed E-state index contributed by atoms with van der Waals surface area (Å²) in [5, 5.41) is 9.38. The molecule has 0 bridgehead atoms. The lowest BCUT2D eigenvalue weighted by molar-refractivity contribution is 0.268. The molecule has 4 heteroatoms. The SMILES string of the molecule is N[C@H](CO)c1ccc(Br)c(Cl)c1. The van der Waals surface area contributed by atoms with Crippen LogP contribution in [0.5, 0.6) is 0 Å². The summed E-state index contributed by atoms with van der Waals surface area (Å²) in [6.45, 7) is -0.0715. The Balaban J connectivity index is 2.96. The van der Waals surface area contributed by atoms with Gasteiger partial charge in [-0.2, -0.15) is 0 Å². The van der Waals surface area contributed by atoms with Crippen LogP contribution in [0.3, 0.4) is 0 Å². The Hall–Kier alpha value is -0.0900. The summed E-state index contributed by atoms with van der Waals surface area (Å²) in [6.07, 6.45) is 0. The van der Waals surface area contributed by atoms with Crippen LogP contribution in [0, 0.1) is 0 Å². The van der Waals surface area contributed by atoms with Gasteiger partial charge in [0, 0.05) is 4.47 Å². The number of aliphatic hydroxyl groups is 1. The van der Waals surface area contributed by atoms with Crippen LogP contribution >= 0.6 is 27.5 Å². The maximum Gasteiger partial charge on any atom is 0.0624 e. The molecule has 1 atom stereocenters. The first-order valence-electron chi connectivity index (χ1n) is 3.46. The maximum atomic E-state index is 8.77. The molecule has 0 saturated carbocycles. The van der Waals surface area contributed by atoms with E-state index in [1.165, 1.54) is 0 Å². The second-order valence-electron chi connectivity index (χ2n) is 2.46. The molecule has 0 aliphatic carbocycles. The van der Waals surface area contributed by atoms with E-state index in [0.717, 1.165) is 10.0 Å². The molecule has 0 spiro atoms. The van der Waals surface area contributed by atoms with Crippen LogP contribution in [0.2, 0.25) is 5.02 Å². The highest BCUT2D eigenvalue weighted by atomic mass is 79.9. The third kappa shape index (κ3) is 2.20. The van der Waals surface area contributed by atoms with Crippen LogP contribution in [0.4, 0.5) is 0 Å². The number of hydrogen-bond acceptors (Lipinski definition) is 2. The van der Waals surface area contributed by atoms with Gasteiger partial charge in [0.1, 0.15) is 0 Å². The van der Waals surface area contributed by atoms with Gasteiger partial charge in [0.2, 0.25) is 0 Å². The number of benzene rings is 1. The van der Waals surface area contributed by atoms with Gasteiger partial charge in [0.05, 0.1) is 17.7 Å². The zero-order valence-corrected chi connectivity index (χ0v) is 8.64. The third-order valence-electron chi connectivity index (χ3n) is 1.57. The van der Waals surface area contributed by atoms with Crippen molar-refractivity contribution in [3.8, 4) is 0 Å². The Morgan fingerprint density at radius 3 is 2.75 bits per heavy atom. The molecule has 0 unspecified atom stereocenters. The molecule has 2 nitrogen and oxygen atoms in total. The zero-order chi connectivity index (χ0) is 9.14. The minimum absolute atomic E-state index is 0.0715. The molecule has 12 heavy (non-hydrogen) atoms. The topological polar surface area (TPSA) is 46.2 Å². The second-order valence-corrected chi connectivity index (χ2v) is 3.72. The molecule has 0 saturated heterocycles. The predicted octanol–water partition coefficient (Wildman–Crippen LogP) is 2.09. The fourth-order valence-corrected chi connectivity index (χ4v) is 1.28. The Bertz CT molecular complexity index is 280. The van der Waals surface area contributed by atoms with Gasteiger partial charge in [-0.1, -0.05) is 17.7 Å². The van der Waals surface area contributed by atoms with Crippen molar-refractivity contribution in [1.82, 2.24) is 0 Å². The lowest BCUT2D eigenvalue weighted by Gasteiger charge is -2.08. The van der Waals surface area contributed by atoms with Crippen molar-refractivity contribution in [2.75, 3.05) is 6.61 Å². The highest BCUT2D eigenvalue weighted by molar-refractivity contribution is 9.10. The fraction of sp³-hybridized carbons (Fsp3) is 0.250. The van der Waals surface area contributed by atoms with E-state index in [2.05, 4.69) is 15.9 Å². The van der Waals surface area contributed by atoms with E-state index in [9.17, 15) is 0 Å². The molecule has 0 fully saturated rings. The minimum atomic E-state index is -0.351.